The van der Waals surface area contributed by atoms with E-state index in [0.717, 1.165) is 10.6 Å². The fourth-order valence-electron chi connectivity index (χ4n) is 3.55. The molecule has 1 N–H and O–H groups in total. The van der Waals surface area contributed by atoms with E-state index in [1.54, 1.807) is 72.8 Å². The molecule has 3 aromatic carbocycles. The Morgan fingerprint density at radius 1 is 0.875 bits per heavy atom. The highest BCUT2D eigenvalue weighted by Crippen LogP contribution is 2.40. The highest BCUT2D eigenvalue weighted by Gasteiger charge is 2.26. The van der Waals surface area contributed by atoms with E-state index in [9.17, 15) is 18.0 Å². The van der Waals surface area contributed by atoms with Crippen LogP contribution in [-0.2, 0) is 10.0 Å². The van der Waals surface area contributed by atoms with Gasteiger partial charge in [0.1, 0.15) is 5.82 Å². The van der Waals surface area contributed by atoms with E-state index in [4.69, 9.17) is 11.6 Å². The van der Waals surface area contributed by atoms with Crippen LogP contribution in [0.5, 0.6) is 0 Å². The van der Waals surface area contributed by atoms with Crippen molar-refractivity contribution < 1.29 is 18.0 Å². The van der Waals surface area contributed by atoms with E-state index in [1.807, 2.05) is 0 Å². The van der Waals surface area contributed by atoms with Crippen molar-refractivity contribution in [1.29, 1.82) is 0 Å². The minimum atomic E-state index is -3.61. The molecule has 0 radical (unpaired) electrons. The van der Waals surface area contributed by atoms with Crippen LogP contribution in [0.1, 0.15) is 20.7 Å². The van der Waals surface area contributed by atoms with Crippen LogP contribution >= 0.6 is 11.6 Å². The van der Waals surface area contributed by atoms with Crippen LogP contribution in [0.4, 0.5) is 5.82 Å². The number of carbonyl (C=O) groups is 2. The molecule has 32 heavy (non-hydrogen) atoms. The molecule has 0 aliphatic heterocycles. The number of anilines is 1. The molecule has 1 aromatic heterocycles. The predicted octanol–water partition coefficient (Wildman–Crippen LogP) is 4.95. The minimum Gasteiger partial charge on any atom is -0.339 e. The van der Waals surface area contributed by atoms with E-state index in [1.165, 1.54) is 7.05 Å². The molecule has 0 unspecified atom stereocenters. The van der Waals surface area contributed by atoms with Crippen LogP contribution in [0.15, 0.2) is 72.8 Å². The molecular formula is C24H19ClN2O4S. The summed E-state index contributed by atoms with van der Waals surface area (Å²) in [5, 5.41) is 1.15. The Labute approximate surface area is 190 Å². The van der Waals surface area contributed by atoms with Gasteiger partial charge in [0, 0.05) is 28.6 Å². The highest BCUT2D eigenvalue weighted by molar-refractivity contribution is 7.92. The maximum atomic E-state index is 13.1. The molecule has 8 heteroatoms. The van der Waals surface area contributed by atoms with Gasteiger partial charge in [0.05, 0.1) is 17.3 Å². The number of rotatable bonds is 6. The average Bonchev–Trinajstić information content (AvgIpc) is 3.17. The molecule has 0 spiro atoms. The maximum Gasteiger partial charge on any atom is 0.235 e. The zero-order chi connectivity index (χ0) is 23.0. The summed E-state index contributed by atoms with van der Waals surface area (Å²) in [6, 6.07) is 20.3. The third kappa shape index (κ3) is 3.92. The molecule has 4 rings (SSSR count). The first-order valence-corrected chi connectivity index (χ1v) is 11.9. The van der Waals surface area contributed by atoms with Crippen molar-refractivity contribution in [3.63, 3.8) is 0 Å². The number of fused-ring (bicyclic) bond motifs is 1. The first-order chi connectivity index (χ1) is 15.2. The number of sulfonamides is 1. The van der Waals surface area contributed by atoms with Crippen LogP contribution in [0.3, 0.4) is 0 Å². The van der Waals surface area contributed by atoms with Gasteiger partial charge >= 0.3 is 0 Å². The third-order valence-corrected chi connectivity index (χ3v) is 6.68. The number of nitrogens with zero attached hydrogens (tertiary/aromatic N) is 1. The fourth-order valence-corrected chi connectivity index (χ4v) is 4.14. The van der Waals surface area contributed by atoms with Gasteiger partial charge in [-0.3, -0.25) is 13.9 Å². The number of nitrogens with one attached hydrogen (secondary N) is 1. The number of H-pyrrole nitrogens is 1. The summed E-state index contributed by atoms with van der Waals surface area (Å²) in [6.45, 7) is 0. The number of hydrogen-bond donors (Lipinski definition) is 1. The molecule has 0 fully saturated rings. The molecule has 0 aliphatic rings. The van der Waals surface area contributed by atoms with Gasteiger partial charge in [-0.05, 0) is 23.8 Å². The monoisotopic (exact) mass is 466 g/mol. The van der Waals surface area contributed by atoms with Crippen molar-refractivity contribution in [3.05, 3.63) is 88.9 Å². The number of hydrogen-bond acceptors (Lipinski definition) is 4. The topological polar surface area (TPSA) is 87.3 Å². The Kier molecular flexibility index (Phi) is 5.62. The number of Topliss-reactive ketones (excluding diaryl/α,β-unsaturated/α-hetero) is 2. The van der Waals surface area contributed by atoms with Crippen molar-refractivity contribution in [1.82, 2.24) is 4.98 Å². The number of halogens is 1. The Bertz CT molecular complexity index is 1440. The second-order valence-electron chi connectivity index (χ2n) is 7.34. The second-order valence-corrected chi connectivity index (χ2v) is 9.79. The lowest BCUT2D eigenvalue weighted by atomic mass is 9.97. The first-order valence-electron chi connectivity index (χ1n) is 9.67. The third-order valence-electron chi connectivity index (χ3n) is 5.25. The molecule has 1 heterocycles. The van der Waals surface area contributed by atoms with E-state index in [0.29, 0.717) is 27.1 Å². The van der Waals surface area contributed by atoms with Gasteiger partial charge in [-0.2, -0.15) is 0 Å². The van der Waals surface area contributed by atoms with Crippen molar-refractivity contribution in [2.24, 2.45) is 0 Å². The van der Waals surface area contributed by atoms with E-state index < -0.39 is 21.6 Å². The first kappa shape index (κ1) is 21.8. The Balaban J connectivity index is 1.96. The van der Waals surface area contributed by atoms with Gasteiger partial charge in [-0.15, -0.1) is 0 Å². The zero-order valence-corrected chi connectivity index (χ0v) is 18.9. The fraction of sp³-hybridized carbons (Fsp3) is 0.0833. The van der Waals surface area contributed by atoms with Gasteiger partial charge in [0.15, 0.2) is 0 Å². The number of para-hydroxylation sites is 1. The van der Waals surface area contributed by atoms with Crippen LogP contribution in [-0.4, -0.2) is 38.3 Å². The van der Waals surface area contributed by atoms with Gasteiger partial charge < -0.3 is 4.98 Å². The summed E-state index contributed by atoms with van der Waals surface area (Å²) in [4.78, 5) is 29.0. The largest absolute Gasteiger partial charge is 0.339 e. The van der Waals surface area contributed by atoms with Crippen LogP contribution in [0.2, 0.25) is 5.02 Å². The summed E-state index contributed by atoms with van der Waals surface area (Å²) in [5.74, 6) is -1.03. The number of ketones is 2. The van der Waals surface area contributed by atoms with Crippen LogP contribution < -0.4 is 4.31 Å². The average molecular weight is 467 g/mol. The Morgan fingerprint density at radius 3 is 2.16 bits per heavy atom. The quantitative estimate of drug-likeness (QED) is 0.321. The van der Waals surface area contributed by atoms with Crippen molar-refractivity contribution >= 4 is 49.9 Å². The number of carbonyl (C=O) groups excluding carboxylic acids is 2. The summed E-state index contributed by atoms with van der Waals surface area (Å²) in [5.41, 5.74) is 2.14. The second kappa shape index (κ2) is 8.26. The molecule has 0 aliphatic carbocycles. The molecule has 0 saturated carbocycles. The highest BCUT2D eigenvalue weighted by atomic mass is 35.5. The van der Waals surface area contributed by atoms with Crippen LogP contribution in [0, 0.1) is 0 Å². The molecule has 0 amide bonds. The van der Waals surface area contributed by atoms with Gasteiger partial charge in [-0.25, -0.2) is 8.42 Å². The molecular weight excluding hydrogens is 448 g/mol. The zero-order valence-electron chi connectivity index (χ0n) is 17.3. The molecule has 0 bridgehead atoms. The number of aromatic amines is 1. The molecule has 0 atom stereocenters. The van der Waals surface area contributed by atoms with Crippen molar-refractivity contribution in [2.75, 3.05) is 17.6 Å². The maximum absolute atomic E-state index is 13.1. The Morgan fingerprint density at radius 2 is 1.53 bits per heavy atom. The lowest BCUT2D eigenvalue weighted by molar-refractivity contribution is 0.0818. The van der Waals surface area contributed by atoms with Crippen molar-refractivity contribution in [2.45, 2.75) is 0 Å². The van der Waals surface area contributed by atoms with E-state index in [2.05, 4.69) is 4.98 Å². The standard InChI is InChI=1S/C24H19ClN2O4S/c1-27(32(2,30)31)24-20(15-11-13-17(25)14-12-15)18-9-6-10-19(21(18)26-24)23(29)22(28)16-7-4-3-5-8-16/h3-14,26H,1-2H3. The molecule has 162 valence electrons. The smallest absolute Gasteiger partial charge is 0.235 e. The SMILES string of the molecule is CN(c1[nH]c2c(C(=O)C(=O)c3ccccc3)cccc2c1-c1ccc(Cl)cc1)S(C)(=O)=O. The van der Waals surface area contributed by atoms with Crippen molar-refractivity contribution in [3.8, 4) is 11.1 Å². The molecule has 6 nitrogen and oxygen atoms in total. The Hall–Kier alpha value is -3.42. The lowest BCUT2D eigenvalue weighted by Crippen LogP contribution is -2.25. The van der Waals surface area contributed by atoms with Gasteiger partial charge in [0.2, 0.25) is 21.6 Å². The molecule has 4 aromatic rings. The summed E-state index contributed by atoms with van der Waals surface area (Å²) in [6.07, 6.45) is 1.09. The summed E-state index contributed by atoms with van der Waals surface area (Å²) in [7, 11) is -2.18. The lowest BCUT2D eigenvalue weighted by Gasteiger charge is -2.17. The predicted molar refractivity (Wildman–Crippen MR) is 127 cm³/mol. The molecule has 0 saturated heterocycles. The van der Waals surface area contributed by atoms with E-state index in [-0.39, 0.29) is 16.9 Å². The summed E-state index contributed by atoms with van der Waals surface area (Å²) < 4.78 is 25.8. The minimum absolute atomic E-state index is 0.166. The normalized spacial score (nSPS) is 11.5. The summed E-state index contributed by atoms with van der Waals surface area (Å²) >= 11 is 6.03. The van der Waals surface area contributed by atoms with Gasteiger partial charge in [-0.1, -0.05) is 66.2 Å². The van der Waals surface area contributed by atoms with Gasteiger partial charge in [0.25, 0.3) is 0 Å². The number of aromatic nitrogens is 1. The van der Waals surface area contributed by atoms with Crippen LogP contribution in [0.25, 0.3) is 22.0 Å². The number of benzene rings is 3. The van der Waals surface area contributed by atoms with E-state index >= 15 is 0 Å².